The van der Waals surface area contributed by atoms with E-state index >= 15 is 0 Å². The molecule has 110 heavy (non-hydrogen) atoms. The van der Waals surface area contributed by atoms with Crippen LogP contribution in [0.15, 0.2) is 80.4 Å². The minimum absolute atomic E-state index is 0. The molecule has 0 nitrogen and oxygen atoms in total. The summed E-state index contributed by atoms with van der Waals surface area (Å²) in [5, 5.41) is 6.20. The standard InChI is InChI=1S/C46H64S4.C34H52Br2S2.C10H6S2.6CH3.H4P2.2Sn/c1-5-7-9-11-13-15-17-19-21-23-25-39-41-33-36(4)48-45(41)40(26-24-22-20-18-16-14-12-10-8-6-2)42-34-44(50-46(39)42)43-32-31-38(49-43)30-29-37-28-27-35(3)47-37;1-3-5-7-9-11-13-15-17-19-21-23-27-29-25-31(35)38-34(29)28(30-26-32(36)37-33(27)30)24-22-20-18-16-14-12-10-8-6-4-2;1-3-9(11-7-1)5-6-10-4-2-8-12-10;;;;;;;1-2;;/h27-34H,5-26H2,1-4H3;25-26H,3-24H2,1-2H3;1-6H;6*1H3;1-2H2;;/q;;;;;;;;+1;;;/b30-29+;;6-5+;;;;;;;;;. The van der Waals surface area contributed by atoms with Gasteiger partial charge in [-0.1, -0.05) is 259 Å². The van der Waals surface area contributed by atoms with Gasteiger partial charge in [-0.3, -0.25) is 0 Å². The van der Waals surface area contributed by atoms with Crippen LogP contribution in [0.25, 0.3) is 74.4 Å². The molecule has 2 unspecified atom stereocenters. The number of thiophene rings is 8. The molecule has 0 aliphatic carbocycles. The molecule has 0 aliphatic rings. The molecular weight excluding hydrogens is 1870 g/mol. The number of benzene rings is 2. The molecule has 8 heterocycles. The van der Waals surface area contributed by atoms with Crippen LogP contribution in [0.3, 0.4) is 0 Å². The summed E-state index contributed by atoms with van der Waals surface area (Å²) in [5.41, 5.74) is 6.51. The summed E-state index contributed by atoms with van der Waals surface area (Å²) >= 11 is 20.6. The first kappa shape index (κ1) is 98.7. The van der Waals surface area contributed by atoms with E-state index in [0.29, 0.717) is 0 Å². The van der Waals surface area contributed by atoms with Crippen LogP contribution in [0, 0.1) is 21.3 Å². The Labute approximate surface area is 737 Å². The van der Waals surface area contributed by atoms with Crippen LogP contribution in [0.2, 0.25) is 24.7 Å². The summed E-state index contributed by atoms with van der Waals surface area (Å²) in [7, 11) is 4.67. The Balaban J connectivity index is 0.000000277. The molecule has 1 radical (unpaired) electrons. The van der Waals surface area contributed by atoms with E-state index in [4.69, 9.17) is 0 Å². The fourth-order valence-corrected chi connectivity index (χ4v) is 33.9. The van der Waals surface area contributed by atoms with Crippen LogP contribution in [-0.4, -0.2) is 38.1 Å². The van der Waals surface area contributed by atoms with Crippen LogP contribution in [0.4, 0.5) is 0 Å². The summed E-state index contributed by atoms with van der Waals surface area (Å²) < 4.78 is 12.2. The Morgan fingerprint density at radius 2 is 0.627 bits per heavy atom. The van der Waals surface area contributed by atoms with Gasteiger partial charge in [0.25, 0.3) is 0 Å². The molecule has 0 N–H and O–H groups in total. The molecular formula is C96H144Br2P2S8Sn2+. The first-order valence-corrected chi connectivity index (χ1v) is 71.2. The van der Waals surface area contributed by atoms with Gasteiger partial charge in [-0.25, -0.2) is 0 Å². The molecule has 14 heteroatoms. The van der Waals surface area contributed by atoms with Gasteiger partial charge in [0.05, 0.1) is 7.57 Å². The van der Waals surface area contributed by atoms with Gasteiger partial charge in [-0.15, -0.1) is 85.9 Å². The molecule has 8 aromatic heterocycles. The Morgan fingerprint density at radius 1 is 0.318 bits per heavy atom. The number of aryl methyl sites for hydroxylation is 6. The second kappa shape index (κ2) is 57.1. The van der Waals surface area contributed by atoms with Crippen LogP contribution in [0.5, 0.6) is 0 Å². The summed E-state index contributed by atoms with van der Waals surface area (Å²) in [4.78, 5) is 23.6. The second-order valence-electron chi connectivity index (χ2n) is 32.2. The van der Waals surface area contributed by atoms with Crippen molar-refractivity contribution < 1.29 is 0 Å². The zero-order valence-electron chi connectivity index (χ0n) is 70.5. The molecule has 2 atom stereocenters. The summed E-state index contributed by atoms with van der Waals surface area (Å²) in [6.45, 7) is 13.7. The number of hydrogen-bond acceptors (Lipinski definition) is 8. The van der Waals surface area contributed by atoms with Gasteiger partial charge in [0, 0.05) is 55.5 Å². The minimum atomic E-state index is -1.85. The number of unbranched alkanes of at least 4 members (excludes halogenated alkanes) is 36. The van der Waals surface area contributed by atoms with Crippen molar-refractivity contribution in [2.75, 3.05) is 0 Å². The molecule has 10 rings (SSSR count). The second-order valence-corrected chi connectivity index (χ2v) is 67.7. The van der Waals surface area contributed by atoms with E-state index in [1.807, 2.05) is 68.0 Å². The maximum absolute atomic E-state index is 3.85. The van der Waals surface area contributed by atoms with Gasteiger partial charge in [0.15, 0.2) is 0 Å². The van der Waals surface area contributed by atoms with Crippen molar-refractivity contribution in [3.8, 4) is 9.75 Å². The average molecular weight is 2010 g/mol. The molecule has 607 valence electrons. The maximum atomic E-state index is 3.85. The Morgan fingerprint density at radius 3 is 0.982 bits per heavy atom. The molecule has 0 spiro atoms. The Bertz CT molecular complexity index is 3940. The molecule has 0 aliphatic heterocycles. The van der Waals surface area contributed by atoms with Crippen LogP contribution >= 0.6 is 140 Å². The fraction of sp³-hybridized carbons (Fsp3) is 0.573. The summed E-state index contributed by atoms with van der Waals surface area (Å²) in [6, 6.07) is 28.3. The SMILES string of the molecule is CCCCCCCCCCCCc1c2cc(-c3ccc(/C=C/c4ccc(C)s4)s3)sc2c(CCCCCCCCCCCC)c2cc(C)sc12.CCCCCCCCCCCCc1c2cc(Br)sc2c(CCCCCCCCCCCC)c2cc(Br)sc12.PP.[CH3+].[CH3][Sn]([CH3])[c]1ccc(/C=C/c2cc[c]([Sn]([CH3])([CH3])[CH3])s2)s1. The van der Waals surface area contributed by atoms with E-state index < -0.39 is 38.1 Å². The van der Waals surface area contributed by atoms with Gasteiger partial charge in [0.1, 0.15) is 0 Å². The third-order valence-electron chi connectivity index (χ3n) is 21.4. The van der Waals surface area contributed by atoms with Gasteiger partial charge < -0.3 is 0 Å². The quantitative estimate of drug-likeness (QED) is 0.0154. The van der Waals surface area contributed by atoms with E-state index in [2.05, 4.69) is 236 Å². The number of rotatable bonds is 51. The summed E-state index contributed by atoms with van der Waals surface area (Å²) in [5.74, 6) is 0. The molecule has 0 amide bonds. The number of hydrogen-bond donors (Lipinski definition) is 0. The number of fused-ring (bicyclic) bond motifs is 4. The van der Waals surface area contributed by atoms with Crippen LogP contribution in [-0.2, 0) is 25.7 Å². The number of halogens is 2. The van der Waals surface area contributed by atoms with Crippen molar-refractivity contribution in [2.45, 2.75) is 349 Å². The molecule has 0 fully saturated rings. The Hall–Kier alpha value is -0.153. The van der Waals surface area contributed by atoms with Crippen LogP contribution in [0.1, 0.15) is 336 Å². The molecule has 2 aromatic carbocycles. The molecule has 10 aromatic rings. The van der Waals surface area contributed by atoms with E-state index in [1.54, 1.807) is 57.6 Å². The first-order chi connectivity index (χ1) is 53.1. The van der Waals surface area contributed by atoms with Crippen LogP contribution < -0.4 is 5.79 Å². The van der Waals surface area contributed by atoms with Crippen molar-refractivity contribution in [3.63, 3.8) is 0 Å². The third kappa shape index (κ3) is 34.9. The Kier molecular flexibility index (Phi) is 51.3. The van der Waals surface area contributed by atoms with Crippen molar-refractivity contribution >= 4 is 249 Å². The predicted molar refractivity (Wildman–Crippen MR) is 542 cm³/mol. The van der Waals surface area contributed by atoms with E-state index in [0.717, 1.165) is 0 Å². The van der Waals surface area contributed by atoms with Crippen molar-refractivity contribution in [2.24, 2.45) is 0 Å². The average Bonchev–Trinajstić information content (AvgIpc) is 1.60. The van der Waals surface area contributed by atoms with Gasteiger partial charge in [-0.05, 0) is 202 Å². The van der Waals surface area contributed by atoms with E-state index in [1.165, 1.54) is 340 Å². The van der Waals surface area contributed by atoms with Crippen molar-refractivity contribution in [3.05, 3.63) is 139 Å². The third-order valence-corrected chi connectivity index (χ3v) is 47.7. The normalized spacial score (nSPS) is 11.9. The molecule has 0 saturated heterocycles. The summed E-state index contributed by atoms with van der Waals surface area (Å²) in [6.07, 6.45) is 70.0. The molecule has 0 bridgehead atoms. The predicted octanol–water partition coefficient (Wildman–Crippen LogP) is 37.8. The fourth-order valence-electron chi connectivity index (χ4n) is 15.2. The zero-order chi connectivity index (χ0) is 78.0. The topological polar surface area (TPSA) is 0 Å². The first-order valence-electron chi connectivity index (χ1n) is 43.2. The van der Waals surface area contributed by atoms with Gasteiger partial charge in [0.2, 0.25) is 0 Å². The van der Waals surface area contributed by atoms with E-state index in [-0.39, 0.29) is 7.43 Å². The van der Waals surface area contributed by atoms with Crippen molar-refractivity contribution in [1.82, 2.24) is 0 Å². The van der Waals surface area contributed by atoms with Gasteiger partial charge in [-0.2, -0.15) is 0 Å². The zero-order valence-corrected chi connectivity index (χ0v) is 88.2. The molecule has 0 saturated carbocycles. The monoisotopic (exact) mass is 2010 g/mol. The van der Waals surface area contributed by atoms with Crippen molar-refractivity contribution in [1.29, 1.82) is 0 Å². The van der Waals surface area contributed by atoms with Gasteiger partial charge >= 0.3 is 137 Å². The van der Waals surface area contributed by atoms with E-state index in [9.17, 15) is 0 Å².